The first-order valence-corrected chi connectivity index (χ1v) is 5.52. The van der Waals surface area contributed by atoms with Gasteiger partial charge in [0.2, 0.25) is 0 Å². The highest BCUT2D eigenvalue weighted by molar-refractivity contribution is 5.60. The topological polar surface area (TPSA) is 44.6 Å². The fourth-order valence-corrected chi connectivity index (χ4v) is 1.52. The van der Waals surface area contributed by atoms with Crippen molar-refractivity contribution in [2.45, 2.75) is 40.0 Å². The van der Waals surface area contributed by atoms with Crippen LogP contribution >= 0.6 is 0 Å². The molecular weight excluding hydrogens is 190 g/mol. The molecular formula is C12H21NO2. The van der Waals surface area contributed by atoms with Crippen LogP contribution in [0.25, 0.3) is 0 Å². The molecule has 0 bridgehead atoms. The van der Waals surface area contributed by atoms with Crippen LogP contribution in [-0.2, 0) is 4.79 Å². The molecule has 1 rings (SSSR count). The fourth-order valence-electron chi connectivity index (χ4n) is 1.52. The summed E-state index contributed by atoms with van der Waals surface area (Å²) >= 11 is 0. The van der Waals surface area contributed by atoms with Gasteiger partial charge in [-0.25, -0.2) is 0 Å². The van der Waals surface area contributed by atoms with Crippen LogP contribution in [0.1, 0.15) is 40.0 Å². The third-order valence-electron chi connectivity index (χ3n) is 2.05. The molecule has 15 heavy (non-hydrogen) atoms. The predicted octanol–water partition coefficient (Wildman–Crippen LogP) is 0.249. The van der Waals surface area contributed by atoms with Crippen LogP contribution in [0.15, 0.2) is 24.0 Å². The average molecular weight is 211 g/mol. The van der Waals surface area contributed by atoms with Gasteiger partial charge in [0, 0.05) is 18.5 Å². The van der Waals surface area contributed by atoms with Crippen molar-refractivity contribution in [1.29, 1.82) is 0 Å². The first kappa shape index (κ1) is 13.9. The van der Waals surface area contributed by atoms with Crippen molar-refractivity contribution in [2.24, 2.45) is 0 Å². The maximum absolute atomic E-state index is 8.89. The van der Waals surface area contributed by atoms with E-state index in [0.29, 0.717) is 0 Å². The Balaban J connectivity index is 0.000000423. The van der Waals surface area contributed by atoms with Crippen LogP contribution in [0.4, 0.5) is 0 Å². The number of hydrogen-bond donors (Lipinski definition) is 1. The molecule has 0 fully saturated rings. The van der Waals surface area contributed by atoms with E-state index < -0.39 is 5.97 Å². The lowest BCUT2D eigenvalue weighted by Gasteiger charge is -2.12. The van der Waals surface area contributed by atoms with Gasteiger partial charge < -0.3 is 9.90 Å². The van der Waals surface area contributed by atoms with Gasteiger partial charge in [0.15, 0.2) is 0 Å². The number of carboxylic acid groups (broad SMARTS) is 1. The molecule has 1 N–H and O–H groups in total. The molecule has 0 saturated heterocycles. The van der Waals surface area contributed by atoms with Gasteiger partial charge in [-0.1, -0.05) is 13.8 Å². The molecule has 1 heterocycles. The minimum Gasteiger partial charge on any atom is -0.550 e. The van der Waals surface area contributed by atoms with Crippen molar-refractivity contribution >= 4 is 5.97 Å². The van der Waals surface area contributed by atoms with Crippen molar-refractivity contribution < 1.29 is 14.8 Å². The van der Waals surface area contributed by atoms with Crippen molar-refractivity contribution in [3.05, 3.63) is 24.0 Å². The normalized spacial score (nSPS) is 18.1. The number of carboxylic acids is 1. The highest BCUT2D eigenvalue weighted by Crippen LogP contribution is 2.00. The van der Waals surface area contributed by atoms with Gasteiger partial charge in [0.05, 0.1) is 12.7 Å². The zero-order valence-corrected chi connectivity index (χ0v) is 9.88. The highest BCUT2D eigenvalue weighted by atomic mass is 16.4. The number of carbonyl (C=O) groups excluding carboxylic acids is 1. The van der Waals surface area contributed by atoms with Crippen molar-refractivity contribution in [3.63, 3.8) is 0 Å². The van der Waals surface area contributed by atoms with E-state index >= 15 is 0 Å². The summed E-state index contributed by atoms with van der Waals surface area (Å²) in [5.41, 5.74) is 1.56. The number of quaternary nitrogens is 1. The van der Waals surface area contributed by atoms with E-state index in [4.69, 9.17) is 9.90 Å². The standard InChI is InChI=1S/C10H17N.C2H4O2/c1-3-6-10-7-5-9-11(10)8-4-2;1-2(3)4/h5,7,9H,3-4,6,8H2,1-2H3;1H3,(H,3,4). The summed E-state index contributed by atoms with van der Waals surface area (Å²) in [7, 11) is 0. The van der Waals surface area contributed by atoms with Crippen LogP contribution in [0.5, 0.6) is 0 Å². The van der Waals surface area contributed by atoms with Crippen molar-refractivity contribution in [1.82, 2.24) is 0 Å². The van der Waals surface area contributed by atoms with Gasteiger partial charge in [-0.05, 0) is 25.8 Å². The van der Waals surface area contributed by atoms with E-state index in [-0.39, 0.29) is 0 Å². The maximum atomic E-state index is 8.89. The Morgan fingerprint density at radius 1 is 1.40 bits per heavy atom. The van der Waals surface area contributed by atoms with Crippen LogP contribution in [0.2, 0.25) is 0 Å². The third kappa shape index (κ3) is 6.91. The molecule has 1 atom stereocenters. The highest BCUT2D eigenvalue weighted by Gasteiger charge is 2.13. The zero-order chi connectivity index (χ0) is 11.7. The molecule has 0 saturated carbocycles. The van der Waals surface area contributed by atoms with Gasteiger partial charge in [-0.2, -0.15) is 0 Å². The van der Waals surface area contributed by atoms with E-state index in [1.165, 1.54) is 25.8 Å². The Kier molecular flexibility index (Phi) is 7.64. The molecule has 1 aliphatic rings. The van der Waals surface area contributed by atoms with Gasteiger partial charge in [0.1, 0.15) is 5.70 Å². The second kappa shape index (κ2) is 8.24. The van der Waals surface area contributed by atoms with Gasteiger partial charge in [0.25, 0.3) is 0 Å². The van der Waals surface area contributed by atoms with E-state index in [0.717, 1.165) is 6.92 Å². The monoisotopic (exact) mass is 211 g/mol. The average Bonchev–Trinajstić information content (AvgIpc) is 2.53. The lowest BCUT2D eigenvalue weighted by molar-refractivity contribution is -0.804. The van der Waals surface area contributed by atoms with Crippen molar-refractivity contribution in [3.8, 4) is 0 Å². The molecule has 0 aromatic rings. The molecule has 0 spiro atoms. The minimum atomic E-state index is -1.08. The van der Waals surface area contributed by atoms with E-state index in [2.05, 4.69) is 32.2 Å². The van der Waals surface area contributed by atoms with Crippen molar-refractivity contribution in [2.75, 3.05) is 6.54 Å². The smallest absolute Gasteiger partial charge is 0.112 e. The van der Waals surface area contributed by atoms with E-state index in [1.807, 2.05) is 0 Å². The van der Waals surface area contributed by atoms with Gasteiger partial charge in [-0.3, -0.25) is 4.90 Å². The van der Waals surface area contributed by atoms with E-state index in [1.54, 1.807) is 10.6 Å². The minimum absolute atomic E-state index is 0.972. The molecule has 0 amide bonds. The second-order valence-corrected chi connectivity index (χ2v) is 3.57. The Morgan fingerprint density at radius 2 is 2.00 bits per heavy atom. The summed E-state index contributed by atoms with van der Waals surface area (Å²) in [6, 6.07) is 0. The van der Waals surface area contributed by atoms with Crippen LogP contribution < -0.4 is 10.0 Å². The Labute approximate surface area is 92.1 Å². The summed E-state index contributed by atoms with van der Waals surface area (Å²) in [4.78, 5) is 10.5. The summed E-state index contributed by atoms with van der Waals surface area (Å²) in [5.74, 6) is -1.08. The lowest BCUT2D eigenvalue weighted by Crippen LogP contribution is -3.04. The van der Waals surface area contributed by atoms with Crippen LogP contribution in [-0.4, -0.2) is 12.5 Å². The lowest BCUT2D eigenvalue weighted by atomic mass is 10.2. The van der Waals surface area contributed by atoms with Gasteiger partial charge >= 0.3 is 0 Å². The Hall–Kier alpha value is -1.09. The van der Waals surface area contributed by atoms with Gasteiger partial charge in [-0.15, -0.1) is 0 Å². The predicted molar refractivity (Wildman–Crippen MR) is 58.9 cm³/mol. The zero-order valence-electron chi connectivity index (χ0n) is 9.88. The molecule has 0 aliphatic carbocycles. The molecule has 3 nitrogen and oxygen atoms in total. The number of carbonyl (C=O) groups is 1. The number of aliphatic carboxylic acids is 1. The second-order valence-electron chi connectivity index (χ2n) is 3.57. The maximum Gasteiger partial charge on any atom is 0.112 e. The summed E-state index contributed by atoms with van der Waals surface area (Å²) < 4.78 is 0. The molecule has 0 radical (unpaired) electrons. The molecule has 0 aromatic heterocycles. The first-order chi connectivity index (χ1) is 7.11. The Bertz CT molecular complexity index is 240. The molecule has 0 aromatic carbocycles. The summed E-state index contributed by atoms with van der Waals surface area (Å²) in [6.07, 6.45) is 10.5. The number of allylic oxidation sites excluding steroid dienone is 3. The largest absolute Gasteiger partial charge is 0.550 e. The molecule has 86 valence electrons. The number of hydrogen-bond acceptors (Lipinski definition) is 2. The molecule has 1 unspecified atom stereocenters. The summed E-state index contributed by atoms with van der Waals surface area (Å²) in [6.45, 7) is 6.70. The number of nitrogens with one attached hydrogen (secondary N) is 1. The van der Waals surface area contributed by atoms with Crippen LogP contribution in [0, 0.1) is 0 Å². The third-order valence-corrected chi connectivity index (χ3v) is 2.05. The molecule has 3 heteroatoms. The number of rotatable bonds is 4. The quantitative estimate of drug-likeness (QED) is 0.724. The Morgan fingerprint density at radius 3 is 2.47 bits per heavy atom. The fraction of sp³-hybridized carbons (Fsp3) is 0.583. The SMILES string of the molecule is CC(=O)[O-].CCCC1=CC=C[NH+]1CCC. The van der Waals surface area contributed by atoms with Crippen LogP contribution in [0.3, 0.4) is 0 Å². The first-order valence-electron chi connectivity index (χ1n) is 5.52. The molecule has 1 aliphatic heterocycles. The van der Waals surface area contributed by atoms with E-state index in [9.17, 15) is 0 Å². The summed E-state index contributed by atoms with van der Waals surface area (Å²) in [5, 5.41) is 8.89.